The van der Waals surface area contributed by atoms with Crippen LogP contribution in [0.5, 0.6) is 0 Å². The molecule has 0 aromatic carbocycles. The molecule has 2 unspecified atom stereocenters. The minimum atomic E-state index is -1.26. The predicted octanol–water partition coefficient (Wildman–Crippen LogP) is -0.886. The maximum absolute atomic E-state index is 10.4. The summed E-state index contributed by atoms with van der Waals surface area (Å²) < 4.78 is 4.89. The van der Waals surface area contributed by atoms with E-state index >= 15 is 0 Å². The minimum Gasteiger partial charge on any atom is -0.480 e. The van der Waals surface area contributed by atoms with Crippen LogP contribution in [-0.2, 0) is 9.53 Å². The van der Waals surface area contributed by atoms with E-state index in [0.29, 0.717) is 0 Å². The summed E-state index contributed by atoms with van der Waals surface area (Å²) in [6.07, 6.45) is -1.26. The predicted molar refractivity (Wildman–Crippen MR) is 35.7 cm³/mol. The zero-order chi connectivity index (χ0) is 8.65. The SMILES string of the molecule is CC1(C)NC(C(=O)O)C(O)O1. The van der Waals surface area contributed by atoms with Crippen molar-refractivity contribution < 1.29 is 19.7 Å². The van der Waals surface area contributed by atoms with Gasteiger partial charge in [-0.1, -0.05) is 0 Å². The highest BCUT2D eigenvalue weighted by molar-refractivity contribution is 5.74. The molecule has 11 heavy (non-hydrogen) atoms. The zero-order valence-corrected chi connectivity index (χ0v) is 6.37. The van der Waals surface area contributed by atoms with Crippen LogP contribution >= 0.6 is 0 Å². The number of carbonyl (C=O) groups is 1. The minimum absolute atomic E-state index is 0.761. The van der Waals surface area contributed by atoms with Crippen LogP contribution in [0.2, 0.25) is 0 Å². The number of nitrogens with one attached hydrogen (secondary N) is 1. The monoisotopic (exact) mass is 161 g/mol. The first-order valence-electron chi connectivity index (χ1n) is 3.29. The quantitative estimate of drug-likeness (QED) is 0.465. The van der Waals surface area contributed by atoms with Crippen LogP contribution in [-0.4, -0.2) is 34.2 Å². The van der Waals surface area contributed by atoms with Crippen molar-refractivity contribution >= 4 is 5.97 Å². The van der Waals surface area contributed by atoms with Gasteiger partial charge in [-0.25, -0.2) is 0 Å². The van der Waals surface area contributed by atoms with Crippen molar-refractivity contribution in [1.82, 2.24) is 5.32 Å². The van der Waals surface area contributed by atoms with Gasteiger partial charge in [-0.2, -0.15) is 0 Å². The van der Waals surface area contributed by atoms with Crippen LogP contribution in [0.1, 0.15) is 13.8 Å². The first-order chi connectivity index (χ1) is 4.92. The van der Waals surface area contributed by atoms with E-state index in [4.69, 9.17) is 14.9 Å². The topological polar surface area (TPSA) is 78.8 Å². The maximum Gasteiger partial charge on any atom is 0.326 e. The zero-order valence-electron chi connectivity index (χ0n) is 6.37. The fraction of sp³-hybridized carbons (Fsp3) is 0.833. The normalized spacial score (nSPS) is 35.5. The summed E-state index contributed by atoms with van der Waals surface area (Å²) >= 11 is 0. The van der Waals surface area contributed by atoms with Crippen molar-refractivity contribution in [1.29, 1.82) is 0 Å². The van der Waals surface area contributed by atoms with Crippen LogP contribution in [0.4, 0.5) is 0 Å². The molecule has 1 fully saturated rings. The van der Waals surface area contributed by atoms with Gasteiger partial charge >= 0.3 is 5.97 Å². The smallest absolute Gasteiger partial charge is 0.326 e. The average molecular weight is 161 g/mol. The number of ether oxygens (including phenoxy) is 1. The van der Waals surface area contributed by atoms with E-state index in [2.05, 4.69) is 5.32 Å². The second-order valence-corrected chi connectivity index (χ2v) is 2.98. The molecule has 5 heteroatoms. The fourth-order valence-electron chi connectivity index (χ4n) is 1.03. The van der Waals surface area contributed by atoms with E-state index < -0.39 is 24.0 Å². The van der Waals surface area contributed by atoms with Crippen LogP contribution in [0, 0.1) is 0 Å². The van der Waals surface area contributed by atoms with Gasteiger partial charge in [-0.3, -0.25) is 10.1 Å². The molecule has 2 atom stereocenters. The summed E-state index contributed by atoms with van der Waals surface area (Å²) in [5.74, 6) is -1.11. The third-order valence-electron chi connectivity index (χ3n) is 1.47. The number of carboxylic acid groups (broad SMARTS) is 1. The van der Waals surface area contributed by atoms with Crippen molar-refractivity contribution in [2.24, 2.45) is 0 Å². The molecule has 5 nitrogen and oxygen atoms in total. The van der Waals surface area contributed by atoms with Crippen LogP contribution in [0.3, 0.4) is 0 Å². The number of hydrogen-bond acceptors (Lipinski definition) is 4. The lowest BCUT2D eigenvalue weighted by Crippen LogP contribution is -2.43. The molecule has 0 spiro atoms. The van der Waals surface area contributed by atoms with Crippen molar-refractivity contribution in [2.45, 2.75) is 31.9 Å². The summed E-state index contributed by atoms with van der Waals surface area (Å²) in [5.41, 5.74) is -0.761. The van der Waals surface area contributed by atoms with Crippen molar-refractivity contribution in [3.8, 4) is 0 Å². The van der Waals surface area contributed by atoms with Crippen LogP contribution in [0.15, 0.2) is 0 Å². The van der Waals surface area contributed by atoms with Crippen molar-refractivity contribution in [3.63, 3.8) is 0 Å². The standard InChI is InChI=1S/C6H11NO4/c1-6(2)7-3(4(8)9)5(10)11-6/h3,5,7,10H,1-2H3,(H,8,9). The highest BCUT2D eigenvalue weighted by Gasteiger charge is 2.42. The fourth-order valence-corrected chi connectivity index (χ4v) is 1.03. The second-order valence-electron chi connectivity index (χ2n) is 2.98. The van der Waals surface area contributed by atoms with Gasteiger partial charge in [0.1, 0.15) is 5.72 Å². The molecule has 1 heterocycles. The molecule has 0 bridgehead atoms. The van der Waals surface area contributed by atoms with E-state index in [-0.39, 0.29) is 0 Å². The Balaban J connectivity index is 2.66. The molecule has 0 saturated carbocycles. The van der Waals surface area contributed by atoms with E-state index in [1.165, 1.54) is 0 Å². The summed E-state index contributed by atoms with van der Waals surface area (Å²) in [7, 11) is 0. The van der Waals surface area contributed by atoms with Gasteiger partial charge < -0.3 is 14.9 Å². The largest absolute Gasteiger partial charge is 0.480 e. The van der Waals surface area contributed by atoms with Crippen molar-refractivity contribution in [2.75, 3.05) is 0 Å². The van der Waals surface area contributed by atoms with E-state index in [1.54, 1.807) is 13.8 Å². The lowest BCUT2D eigenvalue weighted by Gasteiger charge is -2.16. The summed E-state index contributed by atoms with van der Waals surface area (Å²) in [6.45, 7) is 3.30. The Morgan fingerprint density at radius 1 is 1.64 bits per heavy atom. The number of aliphatic carboxylic acids is 1. The van der Waals surface area contributed by atoms with Crippen molar-refractivity contribution in [3.05, 3.63) is 0 Å². The van der Waals surface area contributed by atoms with Crippen LogP contribution in [0.25, 0.3) is 0 Å². The molecule has 0 aromatic rings. The van der Waals surface area contributed by atoms with Gasteiger partial charge in [0.25, 0.3) is 0 Å². The van der Waals surface area contributed by atoms with Gasteiger partial charge in [0.05, 0.1) is 0 Å². The van der Waals surface area contributed by atoms with Gasteiger partial charge in [0, 0.05) is 0 Å². The molecule has 1 saturated heterocycles. The molecule has 3 N–H and O–H groups in total. The third kappa shape index (κ3) is 1.68. The Kier molecular flexibility index (Phi) is 1.87. The highest BCUT2D eigenvalue weighted by atomic mass is 16.6. The number of hydrogen-bond donors (Lipinski definition) is 3. The number of carboxylic acids is 1. The Morgan fingerprint density at radius 2 is 2.18 bits per heavy atom. The van der Waals surface area contributed by atoms with Crippen LogP contribution < -0.4 is 5.32 Å². The molecule has 1 aliphatic rings. The molecule has 0 radical (unpaired) electrons. The molecule has 0 aromatic heterocycles. The van der Waals surface area contributed by atoms with Gasteiger partial charge in [-0.05, 0) is 13.8 Å². The molecule has 1 rings (SSSR count). The Hall–Kier alpha value is -0.650. The lowest BCUT2D eigenvalue weighted by atomic mass is 10.2. The van der Waals surface area contributed by atoms with E-state index in [0.717, 1.165) is 0 Å². The van der Waals surface area contributed by atoms with E-state index in [1.807, 2.05) is 0 Å². The van der Waals surface area contributed by atoms with Gasteiger partial charge in [0.15, 0.2) is 12.3 Å². The lowest BCUT2D eigenvalue weighted by molar-refractivity contribution is -0.153. The average Bonchev–Trinajstić information content (AvgIpc) is 2.05. The number of aliphatic hydroxyl groups excluding tert-OH is 1. The molecular weight excluding hydrogens is 150 g/mol. The third-order valence-corrected chi connectivity index (χ3v) is 1.47. The maximum atomic E-state index is 10.4. The molecule has 0 amide bonds. The number of aliphatic hydroxyl groups is 1. The highest BCUT2D eigenvalue weighted by Crippen LogP contribution is 2.18. The molecule has 1 aliphatic heterocycles. The van der Waals surface area contributed by atoms with Gasteiger partial charge in [0.2, 0.25) is 0 Å². The molecule has 64 valence electrons. The Labute approximate surface area is 64.0 Å². The van der Waals surface area contributed by atoms with E-state index in [9.17, 15) is 4.79 Å². The number of rotatable bonds is 1. The second kappa shape index (κ2) is 2.44. The van der Waals surface area contributed by atoms with Gasteiger partial charge in [-0.15, -0.1) is 0 Å². The summed E-state index contributed by atoms with van der Waals surface area (Å²) in [5, 5.41) is 20.2. The Morgan fingerprint density at radius 3 is 2.36 bits per heavy atom. The first-order valence-corrected chi connectivity index (χ1v) is 3.29. The Bertz CT molecular complexity index is 179. The molecular formula is C6H11NO4. The molecule has 0 aliphatic carbocycles. The summed E-state index contributed by atoms with van der Waals surface area (Å²) in [6, 6.07) is -1.02. The summed E-state index contributed by atoms with van der Waals surface area (Å²) in [4.78, 5) is 10.4. The first kappa shape index (κ1) is 8.45.